The fourth-order valence-electron chi connectivity index (χ4n) is 2.82. The van der Waals surface area contributed by atoms with E-state index in [1.54, 1.807) is 47.3 Å². The Morgan fingerprint density at radius 1 is 1.00 bits per heavy atom. The van der Waals surface area contributed by atoms with Crippen molar-refractivity contribution in [3.8, 4) is 5.75 Å². The van der Waals surface area contributed by atoms with Crippen molar-refractivity contribution in [3.05, 3.63) is 99.0 Å². The van der Waals surface area contributed by atoms with Crippen molar-refractivity contribution in [2.24, 2.45) is 0 Å². The van der Waals surface area contributed by atoms with E-state index in [2.05, 4.69) is 10.4 Å². The van der Waals surface area contributed by atoms with Crippen LogP contribution in [0.5, 0.6) is 5.75 Å². The monoisotopic (exact) mass is 475 g/mol. The predicted octanol–water partition coefficient (Wildman–Crippen LogP) is 6.32. The van der Waals surface area contributed by atoms with Crippen LogP contribution in [0.1, 0.15) is 21.9 Å². The van der Waals surface area contributed by atoms with Crippen LogP contribution < -0.4 is 10.1 Å². The second-order valence-electron chi connectivity index (χ2n) is 6.55. The Balaban J connectivity index is 1.35. The molecule has 0 aliphatic heterocycles. The van der Waals surface area contributed by atoms with Gasteiger partial charge in [0.2, 0.25) is 0 Å². The molecule has 0 atom stereocenters. The molecule has 9 heteroatoms. The molecule has 0 saturated heterocycles. The molecule has 2 aromatic carbocycles. The first-order valence-electron chi connectivity index (χ1n) is 9.23. The minimum absolute atomic E-state index is 0.0970. The van der Waals surface area contributed by atoms with Gasteiger partial charge in [0, 0.05) is 17.3 Å². The average molecular weight is 477 g/mol. The number of halogens is 3. The summed E-state index contributed by atoms with van der Waals surface area (Å²) < 4.78 is 12.9. The second kappa shape index (κ2) is 9.47. The molecule has 0 saturated carbocycles. The van der Waals surface area contributed by atoms with Crippen molar-refractivity contribution in [1.82, 2.24) is 9.78 Å². The molecule has 0 bridgehead atoms. The summed E-state index contributed by atoms with van der Waals surface area (Å²) in [7, 11) is 0. The molecule has 0 aliphatic carbocycles. The van der Waals surface area contributed by atoms with E-state index in [-0.39, 0.29) is 12.4 Å². The fraction of sp³-hybridized carbons (Fsp3) is 0.0909. The normalized spacial score (nSPS) is 10.8. The third kappa shape index (κ3) is 5.22. The minimum Gasteiger partial charge on any atom is -0.484 e. The van der Waals surface area contributed by atoms with Crippen LogP contribution in [0.2, 0.25) is 15.1 Å². The molecule has 0 fully saturated rings. The van der Waals surface area contributed by atoms with Crippen molar-refractivity contribution in [2.75, 3.05) is 5.32 Å². The van der Waals surface area contributed by atoms with Gasteiger partial charge >= 0.3 is 0 Å². The van der Waals surface area contributed by atoms with Gasteiger partial charge in [-0.2, -0.15) is 5.10 Å². The number of ether oxygens (including phenoxy) is 1. The number of carbonyl (C=O) groups excluding carboxylic acids is 1. The maximum absolute atomic E-state index is 12.5. The van der Waals surface area contributed by atoms with Crippen LogP contribution in [0.4, 0.5) is 5.82 Å². The van der Waals surface area contributed by atoms with Crippen molar-refractivity contribution >= 4 is 46.5 Å². The lowest BCUT2D eigenvalue weighted by molar-refractivity contribution is 0.0992. The van der Waals surface area contributed by atoms with Crippen molar-refractivity contribution in [2.45, 2.75) is 13.2 Å². The van der Waals surface area contributed by atoms with Gasteiger partial charge in [0.25, 0.3) is 5.91 Å². The number of hydrogen-bond acceptors (Lipinski definition) is 4. The van der Waals surface area contributed by atoms with E-state index in [1.807, 2.05) is 24.3 Å². The topological polar surface area (TPSA) is 69.3 Å². The van der Waals surface area contributed by atoms with Gasteiger partial charge in [0.1, 0.15) is 23.1 Å². The molecule has 31 heavy (non-hydrogen) atoms. The molecule has 0 radical (unpaired) electrons. The summed E-state index contributed by atoms with van der Waals surface area (Å²) >= 11 is 18.3. The molecular formula is C22H16Cl3N3O3. The van der Waals surface area contributed by atoms with Crippen LogP contribution in [0.15, 0.2) is 71.3 Å². The van der Waals surface area contributed by atoms with Crippen LogP contribution in [-0.4, -0.2) is 15.7 Å². The molecule has 1 N–H and O–H groups in total. The fourth-order valence-corrected chi connectivity index (χ4v) is 3.36. The first-order valence-corrected chi connectivity index (χ1v) is 10.4. The smallest absolute Gasteiger partial charge is 0.292 e. The lowest BCUT2D eigenvalue weighted by Crippen LogP contribution is -2.12. The van der Waals surface area contributed by atoms with E-state index in [1.165, 1.54) is 0 Å². The van der Waals surface area contributed by atoms with E-state index in [0.29, 0.717) is 38.9 Å². The highest BCUT2D eigenvalue weighted by Gasteiger charge is 2.14. The average Bonchev–Trinajstić information content (AvgIpc) is 3.40. The Kier molecular flexibility index (Phi) is 6.51. The number of aromatic nitrogens is 2. The lowest BCUT2D eigenvalue weighted by Gasteiger charge is -2.07. The molecule has 2 aromatic heterocycles. The van der Waals surface area contributed by atoms with Gasteiger partial charge in [-0.15, -0.1) is 0 Å². The number of furan rings is 1. The van der Waals surface area contributed by atoms with Gasteiger partial charge in [-0.05, 0) is 35.9 Å². The van der Waals surface area contributed by atoms with Crippen molar-refractivity contribution in [3.63, 3.8) is 0 Å². The van der Waals surface area contributed by atoms with Crippen LogP contribution in [0.25, 0.3) is 0 Å². The summed E-state index contributed by atoms with van der Waals surface area (Å²) in [4.78, 5) is 12.5. The third-order valence-corrected chi connectivity index (χ3v) is 5.51. The summed E-state index contributed by atoms with van der Waals surface area (Å²) in [6.07, 6.45) is 1.76. The zero-order valence-corrected chi connectivity index (χ0v) is 18.3. The second-order valence-corrected chi connectivity index (χ2v) is 7.74. The van der Waals surface area contributed by atoms with E-state index in [4.69, 9.17) is 44.0 Å². The molecule has 0 spiro atoms. The molecule has 0 aliphatic rings. The van der Waals surface area contributed by atoms with Crippen LogP contribution >= 0.6 is 34.8 Å². The van der Waals surface area contributed by atoms with Crippen LogP contribution in [-0.2, 0) is 13.2 Å². The summed E-state index contributed by atoms with van der Waals surface area (Å²) in [6.45, 7) is 0.587. The van der Waals surface area contributed by atoms with E-state index in [9.17, 15) is 4.79 Å². The highest BCUT2D eigenvalue weighted by atomic mass is 35.5. The number of carbonyl (C=O) groups is 1. The Hall–Kier alpha value is -2.93. The number of hydrogen-bond donors (Lipinski definition) is 1. The standard InChI is InChI=1S/C22H16Cl3N3O3/c23-16-5-2-1-4-14(16)12-28-11-10-20(27-28)26-22(29)19-9-8-15(31-19)13-30-18-7-3-6-17(24)21(18)25/h1-11H,12-13H2,(H,26,27,29). The van der Waals surface area contributed by atoms with Gasteiger partial charge in [0.05, 0.1) is 11.6 Å². The molecule has 158 valence electrons. The summed E-state index contributed by atoms with van der Waals surface area (Å²) in [6, 6.07) is 17.5. The highest BCUT2D eigenvalue weighted by molar-refractivity contribution is 6.42. The largest absolute Gasteiger partial charge is 0.484 e. The number of anilines is 1. The Bertz CT molecular complexity index is 1220. The molecule has 4 aromatic rings. The van der Waals surface area contributed by atoms with Gasteiger partial charge < -0.3 is 14.5 Å². The van der Waals surface area contributed by atoms with Gasteiger partial charge in [0.15, 0.2) is 11.6 Å². The zero-order chi connectivity index (χ0) is 21.8. The van der Waals surface area contributed by atoms with Gasteiger partial charge in [-0.3, -0.25) is 9.48 Å². The summed E-state index contributed by atoms with van der Waals surface area (Å²) in [5.41, 5.74) is 0.931. The molecule has 4 rings (SSSR count). The number of rotatable bonds is 7. The van der Waals surface area contributed by atoms with E-state index >= 15 is 0 Å². The number of amides is 1. The number of benzene rings is 2. The Labute approximate surface area is 193 Å². The Morgan fingerprint density at radius 2 is 1.81 bits per heavy atom. The van der Waals surface area contributed by atoms with Gasteiger partial charge in [-0.25, -0.2) is 0 Å². The molecule has 2 heterocycles. The Morgan fingerprint density at radius 3 is 2.65 bits per heavy atom. The van der Waals surface area contributed by atoms with Crippen molar-refractivity contribution in [1.29, 1.82) is 0 Å². The third-order valence-electron chi connectivity index (χ3n) is 4.34. The molecule has 1 amide bonds. The van der Waals surface area contributed by atoms with E-state index in [0.717, 1.165) is 5.56 Å². The quantitative estimate of drug-likeness (QED) is 0.339. The van der Waals surface area contributed by atoms with Gasteiger partial charge in [-0.1, -0.05) is 59.1 Å². The predicted molar refractivity (Wildman–Crippen MR) is 120 cm³/mol. The molecule has 0 unspecified atom stereocenters. The SMILES string of the molecule is O=C(Nc1ccn(Cc2ccccc2Cl)n1)c1ccc(COc2cccc(Cl)c2Cl)o1. The zero-order valence-electron chi connectivity index (χ0n) is 16.0. The molecular weight excluding hydrogens is 461 g/mol. The van der Waals surface area contributed by atoms with Crippen molar-refractivity contribution < 1.29 is 13.9 Å². The molecule has 6 nitrogen and oxygen atoms in total. The maximum Gasteiger partial charge on any atom is 0.292 e. The van der Waals surface area contributed by atoms with Crippen LogP contribution in [0.3, 0.4) is 0 Å². The highest BCUT2D eigenvalue weighted by Crippen LogP contribution is 2.32. The summed E-state index contributed by atoms with van der Waals surface area (Å²) in [5, 5.41) is 8.43. The lowest BCUT2D eigenvalue weighted by atomic mass is 10.2. The maximum atomic E-state index is 12.5. The minimum atomic E-state index is -0.421. The number of nitrogens with one attached hydrogen (secondary N) is 1. The van der Waals surface area contributed by atoms with Crippen LogP contribution in [0, 0.1) is 0 Å². The summed E-state index contributed by atoms with van der Waals surface area (Å²) in [5.74, 6) is 1.01. The first kappa shape index (κ1) is 21.3. The first-order chi connectivity index (χ1) is 15.0. The van der Waals surface area contributed by atoms with E-state index < -0.39 is 5.91 Å². The number of nitrogens with zero attached hydrogens (tertiary/aromatic N) is 2.